The van der Waals surface area contributed by atoms with Gasteiger partial charge in [0.25, 0.3) is 0 Å². The Morgan fingerprint density at radius 2 is 2.20 bits per heavy atom. The predicted molar refractivity (Wildman–Crippen MR) is 82.4 cm³/mol. The maximum atomic E-state index is 9.40. The zero-order valence-corrected chi connectivity index (χ0v) is 12.6. The van der Waals surface area contributed by atoms with Crippen molar-refractivity contribution in [3.05, 3.63) is 35.4 Å². The number of rotatable bonds is 5. The summed E-state index contributed by atoms with van der Waals surface area (Å²) in [6.07, 6.45) is 3.67. The lowest BCUT2D eigenvalue weighted by Gasteiger charge is -2.42. The minimum absolute atomic E-state index is 0.381. The summed E-state index contributed by atoms with van der Waals surface area (Å²) < 4.78 is 0. The van der Waals surface area contributed by atoms with Gasteiger partial charge in [-0.2, -0.15) is 5.26 Å². The van der Waals surface area contributed by atoms with Crippen LogP contribution >= 0.6 is 0 Å². The van der Waals surface area contributed by atoms with E-state index in [1.54, 1.807) is 0 Å². The Hall–Kier alpha value is -1.37. The van der Waals surface area contributed by atoms with Gasteiger partial charge in [-0.1, -0.05) is 25.1 Å². The van der Waals surface area contributed by atoms with E-state index in [2.05, 4.69) is 35.3 Å². The Bertz CT molecular complexity index is 446. The van der Waals surface area contributed by atoms with E-state index in [4.69, 9.17) is 0 Å². The van der Waals surface area contributed by atoms with Crippen LogP contribution in [-0.2, 0) is 0 Å². The van der Waals surface area contributed by atoms with Gasteiger partial charge >= 0.3 is 0 Å². The summed E-state index contributed by atoms with van der Waals surface area (Å²) in [7, 11) is 2.02. The fourth-order valence-corrected chi connectivity index (χ4v) is 3.47. The highest BCUT2D eigenvalue weighted by atomic mass is 15.2. The Morgan fingerprint density at radius 1 is 1.40 bits per heavy atom. The first-order valence-electron chi connectivity index (χ1n) is 7.69. The summed E-state index contributed by atoms with van der Waals surface area (Å²) in [5.41, 5.74) is 2.05. The van der Waals surface area contributed by atoms with Crippen LogP contribution in [-0.4, -0.2) is 31.6 Å². The van der Waals surface area contributed by atoms with Gasteiger partial charge in [0.05, 0.1) is 11.6 Å². The molecule has 1 aliphatic rings. The third-order valence-electron chi connectivity index (χ3n) is 4.24. The minimum atomic E-state index is 0.381. The molecule has 108 valence electrons. The first kappa shape index (κ1) is 15.0. The molecule has 0 saturated carbocycles. The van der Waals surface area contributed by atoms with Crippen LogP contribution in [0.2, 0.25) is 0 Å². The molecule has 0 bridgehead atoms. The normalized spacial score (nSPS) is 23.4. The number of nitrogens with zero attached hydrogens (tertiary/aromatic N) is 2. The second-order valence-corrected chi connectivity index (χ2v) is 5.64. The molecule has 1 saturated heterocycles. The molecule has 20 heavy (non-hydrogen) atoms. The molecule has 0 aliphatic carbocycles. The first-order valence-corrected chi connectivity index (χ1v) is 7.69. The Labute approximate surface area is 122 Å². The number of nitrogens with one attached hydrogen (secondary N) is 1. The molecular formula is C17H25N3. The molecule has 1 aliphatic heterocycles. The summed E-state index contributed by atoms with van der Waals surface area (Å²) in [6.45, 7) is 5.52. The quantitative estimate of drug-likeness (QED) is 0.895. The molecule has 1 heterocycles. The number of hydrogen-bond donors (Lipinski definition) is 1. The fraction of sp³-hybridized carbons (Fsp3) is 0.588. The van der Waals surface area contributed by atoms with Crippen molar-refractivity contribution in [3.63, 3.8) is 0 Å². The van der Waals surface area contributed by atoms with E-state index in [0.29, 0.717) is 12.0 Å². The highest BCUT2D eigenvalue weighted by Gasteiger charge is 2.32. The van der Waals surface area contributed by atoms with Crippen LogP contribution in [0.3, 0.4) is 0 Å². The monoisotopic (exact) mass is 271 g/mol. The van der Waals surface area contributed by atoms with Crippen LogP contribution in [0.15, 0.2) is 24.3 Å². The summed E-state index contributed by atoms with van der Waals surface area (Å²) >= 11 is 0. The van der Waals surface area contributed by atoms with Gasteiger partial charge in [-0.3, -0.25) is 4.90 Å². The van der Waals surface area contributed by atoms with Crippen molar-refractivity contribution in [3.8, 4) is 6.07 Å². The van der Waals surface area contributed by atoms with Crippen molar-refractivity contribution in [2.75, 3.05) is 26.7 Å². The Morgan fingerprint density at radius 3 is 2.90 bits per heavy atom. The SMILES string of the molecule is CCCN1CCCC(CNC)C1c1ccccc1C#N. The highest BCUT2D eigenvalue weighted by molar-refractivity contribution is 5.40. The van der Waals surface area contributed by atoms with Crippen LogP contribution < -0.4 is 5.32 Å². The predicted octanol–water partition coefficient (Wildman–Crippen LogP) is 2.94. The number of hydrogen-bond acceptors (Lipinski definition) is 3. The topological polar surface area (TPSA) is 39.1 Å². The summed E-state index contributed by atoms with van der Waals surface area (Å²) in [5.74, 6) is 0.592. The average Bonchev–Trinajstić information content (AvgIpc) is 2.48. The maximum Gasteiger partial charge on any atom is 0.0995 e. The second kappa shape index (κ2) is 7.42. The molecule has 0 amide bonds. The van der Waals surface area contributed by atoms with Gasteiger partial charge in [-0.05, 0) is 63.5 Å². The van der Waals surface area contributed by atoms with E-state index in [0.717, 1.165) is 31.6 Å². The summed E-state index contributed by atoms with van der Waals surface area (Å²) in [5, 5.41) is 12.7. The average molecular weight is 271 g/mol. The summed E-state index contributed by atoms with van der Waals surface area (Å²) in [6, 6.07) is 10.9. The van der Waals surface area contributed by atoms with E-state index in [1.807, 2.05) is 19.2 Å². The molecule has 1 N–H and O–H groups in total. The van der Waals surface area contributed by atoms with Crippen LogP contribution in [0, 0.1) is 17.2 Å². The fourth-order valence-electron chi connectivity index (χ4n) is 3.47. The molecule has 2 rings (SSSR count). The van der Waals surface area contributed by atoms with Gasteiger partial charge < -0.3 is 5.32 Å². The molecule has 3 heteroatoms. The molecule has 2 unspecified atom stereocenters. The van der Waals surface area contributed by atoms with E-state index < -0.39 is 0 Å². The van der Waals surface area contributed by atoms with Crippen molar-refractivity contribution in [1.29, 1.82) is 5.26 Å². The molecule has 1 fully saturated rings. The highest BCUT2D eigenvalue weighted by Crippen LogP contribution is 2.37. The number of nitriles is 1. The molecule has 3 nitrogen and oxygen atoms in total. The number of benzene rings is 1. The van der Waals surface area contributed by atoms with Gasteiger partial charge in [-0.25, -0.2) is 0 Å². The van der Waals surface area contributed by atoms with Crippen LogP contribution in [0.5, 0.6) is 0 Å². The van der Waals surface area contributed by atoms with E-state index >= 15 is 0 Å². The largest absolute Gasteiger partial charge is 0.319 e. The number of likely N-dealkylation sites (tertiary alicyclic amines) is 1. The van der Waals surface area contributed by atoms with Crippen molar-refractivity contribution in [2.24, 2.45) is 5.92 Å². The lowest BCUT2D eigenvalue weighted by atomic mass is 9.82. The minimum Gasteiger partial charge on any atom is -0.319 e. The zero-order chi connectivity index (χ0) is 14.4. The maximum absolute atomic E-state index is 9.40. The van der Waals surface area contributed by atoms with Gasteiger partial charge in [0.15, 0.2) is 0 Å². The zero-order valence-electron chi connectivity index (χ0n) is 12.6. The molecular weight excluding hydrogens is 246 g/mol. The molecule has 0 spiro atoms. The third kappa shape index (κ3) is 3.20. The van der Waals surface area contributed by atoms with E-state index in [1.165, 1.54) is 18.4 Å². The van der Waals surface area contributed by atoms with Gasteiger partial charge in [0.2, 0.25) is 0 Å². The van der Waals surface area contributed by atoms with Gasteiger partial charge in [0, 0.05) is 6.04 Å². The van der Waals surface area contributed by atoms with Crippen LogP contribution in [0.1, 0.15) is 43.4 Å². The molecule has 1 aromatic rings. The standard InChI is InChI=1S/C17H25N3/c1-3-10-20-11-6-8-15(13-19-2)17(20)16-9-5-4-7-14(16)12-18/h4-5,7,9,15,17,19H,3,6,8,10-11,13H2,1-2H3. The van der Waals surface area contributed by atoms with Crippen molar-refractivity contribution >= 4 is 0 Å². The van der Waals surface area contributed by atoms with Gasteiger partial charge in [0.1, 0.15) is 0 Å². The lowest BCUT2D eigenvalue weighted by Crippen LogP contribution is -2.42. The second-order valence-electron chi connectivity index (χ2n) is 5.64. The van der Waals surface area contributed by atoms with Crippen LogP contribution in [0.25, 0.3) is 0 Å². The lowest BCUT2D eigenvalue weighted by molar-refractivity contribution is 0.0922. The van der Waals surface area contributed by atoms with Crippen LogP contribution in [0.4, 0.5) is 0 Å². The molecule has 2 atom stereocenters. The molecule has 1 aromatic carbocycles. The van der Waals surface area contributed by atoms with Crippen molar-refractivity contribution < 1.29 is 0 Å². The Balaban J connectivity index is 2.35. The van der Waals surface area contributed by atoms with E-state index in [9.17, 15) is 5.26 Å². The van der Waals surface area contributed by atoms with E-state index in [-0.39, 0.29) is 0 Å². The third-order valence-corrected chi connectivity index (χ3v) is 4.24. The smallest absolute Gasteiger partial charge is 0.0995 e. The first-order chi connectivity index (χ1) is 9.81. The van der Waals surface area contributed by atoms with Crippen molar-refractivity contribution in [2.45, 2.75) is 32.2 Å². The number of piperidine rings is 1. The molecule has 0 radical (unpaired) electrons. The van der Waals surface area contributed by atoms with Gasteiger partial charge in [-0.15, -0.1) is 0 Å². The molecule has 0 aromatic heterocycles. The van der Waals surface area contributed by atoms with Crippen molar-refractivity contribution in [1.82, 2.24) is 10.2 Å². The Kier molecular flexibility index (Phi) is 5.58. The summed E-state index contributed by atoms with van der Waals surface area (Å²) in [4.78, 5) is 2.57.